The van der Waals surface area contributed by atoms with Gasteiger partial charge in [-0.05, 0) is 18.9 Å². The molecular formula is C19H27N3O5. The number of rotatable bonds is 4. The third-order valence-corrected chi connectivity index (χ3v) is 4.84. The van der Waals surface area contributed by atoms with Gasteiger partial charge in [0.15, 0.2) is 11.5 Å². The maximum absolute atomic E-state index is 12.6. The summed E-state index contributed by atoms with van der Waals surface area (Å²) < 4.78 is 16.6. The molecule has 0 saturated carbocycles. The summed E-state index contributed by atoms with van der Waals surface area (Å²) in [7, 11) is 5.03. The Labute approximate surface area is 159 Å². The highest BCUT2D eigenvalue weighted by Crippen LogP contribution is 2.36. The molecule has 8 nitrogen and oxygen atoms in total. The number of likely N-dealkylation sites (tertiary alicyclic amines) is 1. The number of hydrogen-bond donors (Lipinski definition) is 1. The molecule has 2 aliphatic heterocycles. The van der Waals surface area contributed by atoms with Crippen LogP contribution in [0.5, 0.6) is 17.2 Å². The largest absolute Gasteiger partial charge is 0.496 e. The number of carbonyl (C=O) groups is 2. The summed E-state index contributed by atoms with van der Waals surface area (Å²) in [6, 6.07) is 3.57. The van der Waals surface area contributed by atoms with E-state index in [1.165, 1.54) is 0 Å². The van der Waals surface area contributed by atoms with E-state index in [1.54, 1.807) is 37.1 Å². The minimum atomic E-state index is -0.203. The lowest BCUT2D eigenvalue weighted by Crippen LogP contribution is -2.48. The van der Waals surface area contributed by atoms with Gasteiger partial charge in [0.05, 0.1) is 13.0 Å². The Morgan fingerprint density at radius 3 is 2.63 bits per heavy atom. The first-order valence-corrected chi connectivity index (χ1v) is 9.20. The van der Waals surface area contributed by atoms with Gasteiger partial charge >= 0.3 is 6.03 Å². The number of methoxy groups -OCH3 is 1. The van der Waals surface area contributed by atoms with E-state index >= 15 is 0 Å². The monoisotopic (exact) mass is 377 g/mol. The van der Waals surface area contributed by atoms with Crippen molar-refractivity contribution in [3.05, 3.63) is 17.7 Å². The molecule has 3 rings (SSSR count). The molecule has 0 aromatic heterocycles. The molecule has 0 bridgehead atoms. The van der Waals surface area contributed by atoms with E-state index < -0.39 is 0 Å². The molecule has 27 heavy (non-hydrogen) atoms. The molecule has 0 unspecified atom stereocenters. The molecule has 1 fully saturated rings. The van der Waals surface area contributed by atoms with Crippen LogP contribution in [0.15, 0.2) is 12.1 Å². The topological polar surface area (TPSA) is 80.3 Å². The molecule has 0 spiro atoms. The SMILES string of the molecule is COc1cc2c(cc1CNC(=O)[C@@H]1CCCN(C(=O)N(C)C)C1)OCCO2. The molecule has 1 atom stereocenters. The van der Waals surface area contributed by atoms with Crippen molar-refractivity contribution in [2.45, 2.75) is 19.4 Å². The van der Waals surface area contributed by atoms with Gasteiger partial charge in [-0.1, -0.05) is 0 Å². The Morgan fingerprint density at radius 2 is 1.96 bits per heavy atom. The van der Waals surface area contributed by atoms with Crippen molar-refractivity contribution in [3.8, 4) is 17.2 Å². The summed E-state index contributed by atoms with van der Waals surface area (Å²) in [6.07, 6.45) is 1.60. The van der Waals surface area contributed by atoms with Gasteiger partial charge in [-0.25, -0.2) is 4.79 Å². The lowest BCUT2D eigenvalue weighted by Gasteiger charge is -2.33. The first-order chi connectivity index (χ1) is 13.0. The van der Waals surface area contributed by atoms with Crippen molar-refractivity contribution in [2.75, 3.05) is 47.5 Å². The van der Waals surface area contributed by atoms with Crippen molar-refractivity contribution in [2.24, 2.45) is 5.92 Å². The smallest absolute Gasteiger partial charge is 0.319 e. The Kier molecular flexibility index (Phi) is 5.93. The zero-order chi connectivity index (χ0) is 19.4. The first-order valence-electron chi connectivity index (χ1n) is 9.20. The van der Waals surface area contributed by atoms with E-state index in [-0.39, 0.29) is 17.9 Å². The Bertz CT molecular complexity index is 707. The lowest BCUT2D eigenvalue weighted by molar-refractivity contribution is -0.126. The second-order valence-corrected chi connectivity index (χ2v) is 6.99. The highest BCUT2D eigenvalue weighted by atomic mass is 16.6. The number of fused-ring (bicyclic) bond motifs is 1. The Hall–Kier alpha value is -2.64. The number of amides is 3. The average molecular weight is 377 g/mol. The number of hydrogen-bond acceptors (Lipinski definition) is 5. The molecule has 1 aromatic rings. The number of ether oxygens (including phenoxy) is 3. The third-order valence-electron chi connectivity index (χ3n) is 4.84. The van der Waals surface area contributed by atoms with Crippen molar-refractivity contribution in [1.82, 2.24) is 15.1 Å². The number of benzene rings is 1. The van der Waals surface area contributed by atoms with Crippen LogP contribution in [-0.4, -0.2) is 69.2 Å². The Balaban J connectivity index is 1.62. The minimum Gasteiger partial charge on any atom is -0.496 e. The first kappa shape index (κ1) is 19.1. The summed E-state index contributed by atoms with van der Waals surface area (Å²) >= 11 is 0. The zero-order valence-corrected chi connectivity index (χ0v) is 16.1. The highest BCUT2D eigenvalue weighted by Gasteiger charge is 2.29. The quantitative estimate of drug-likeness (QED) is 0.860. The Morgan fingerprint density at radius 1 is 1.26 bits per heavy atom. The van der Waals surface area contributed by atoms with Crippen LogP contribution in [0.1, 0.15) is 18.4 Å². The van der Waals surface area contributed by atoms with E-state index in [4.69, 9.17) is 14.2 Å². The van der Waals surface area contributed by atoms with Crippen LogP contribution in [0.2, 0.25) is 0 Å². The second kappa shape index (κ2) is 8.37. The molecule has 2 aliphatic rings. The molecule has 1 N–H and O–H groups in total. The number of piperidine rings is 1. The molecule has 2 heterocycles. The van der Waals surface area contributed by atoms with Crippen molar-refractivity contribution < 1.29 is 23.8 Å². The van der Waals surface area contributed by atoms with E-state index in [1.807, 2.05) is 6.07 Å². The molecule has 1 saturated heterocycles. The predicted molar refractivity (Wildman–Crippen MR) is 99.2 cm³/mol. The summed E-state index contributed by atoms with van der Waals surface area (Å²) in [5, 5.41) is 2.97. The number of carbonyl (C=O) groups excluding carboxylic acids is 2. The van der Waals surface area contributed by atoms with E-state index in [0.717, 1.165) is 18.4 Å². The van der Waals surface area contributed by atoms with E-state index in [9.17, 15) is 9.59 Å². The fourth-order valence-corrected chi connectivity index (χ4v) is 3.41. The van der Waals surface area contributed by atoms with Crippen LogP contribution in [0.25, 0.3) is 0 Å². The van der Waals surface area contributed by atoms with Crippen molar-refractivity contribution in [1.29, 1.82) is 0 Å². The fourth-order valence-electron chi connectivity index (χ4n) is 3.41. The van der Waals surface area contributed by atoms with Crippen LogP contribution >= 0.6 is 0 Å². The molecule has 8 heteroatoms. The molecule has 0 aliphatic carbocycles. The second-order valence-electron chi connectivity index (χ2n) is 6.99. The maximum atomic E-state index is 12.6. The highest BCUT2D eigenvalue weighted by molar-refractivity contribution is 5.80. The van der Waals surface area contributed by atoms with Crippen LogP contribution < -0.4 is 19.5 Å². The number of nitrogens with one attached hydrogen (secondary N) is 1. The maximum Gasteiger partial charge on any atom is 0.319 e. The number of urea groups is 1. The number of nitrogens with zero attached hydrogens (tertiary/aromatic N) is 2. The predicted octanol–water partition coefficient (Wildman–Crippen LogP) is 1.48. The van der Waals surface area contributed by atoms with Crippen LogP contribution in [-0.2, 0) is 11.3 Å². The standard InChI is InChI=1S/C19H27N3O5/c1-21(2)19(24)22-6-4-5-13(12-22)18(23)20-11-14-9-16-17(10-15(14)25-3)27-8-7-26-16/h9-10,13H,4-8,11-12H2,1-3H3,(H,20,23)/t13-/m1/s1. The average Bonchev–Trinajstić information content (AvgIpc) is 2.70. The van der Waals surface area contributed by atoms with Gasteiger partial charge in [-0.15, -0.1) is 0 Å². The summed E-state index contributed by atoms with van der Waals surface area (Å²) in [6.45, 7) is 2.48. The molecule has 3 amide bonds. The van der Waals surface area contributed by atoms with Gasteiger partial charge < -0.3 is 29.3 Å². The molecule has 1 aromatic carbocycles. The van der Waals surface area contributed by atoms with Gasteiger partial charge in [0.25, 0.3) is 0 Å². The fraction of sp³-hybridized carbons (Fsp3) is 0.579. The minimum absolute atomic E-state index is 0.0526. The van der Waals surface area contributed by atoms with Crippen molar-refractivity contribution >= 4 is 11.9 Å². The van der Waals surface area contributed by atoms with Gasteiger partial charge in [0.2, 0.25) is 5.91 Å². The van der Waals surface area contributed by atoms with Gasteiger partial charge in [-0.3, -0.25) is 4.79 Å². The van der Waals surface area contributed by atoms with Crippen LogP contribution in [0.4, 0.5) is 4.79 Å². The molecule has 148 valence electrons. The van der Waals surface area contributed by atoms with Crippen LogP contribution in [0.3, 0.4) is 0 Å². The van der Waals surface area contributed by atoms with Crippen molar-refractivity contribution in [3.63, 3.8) is 0 Å². The van der Waals surface area contributed by atoms with Gasteiger partial charge in [0.1, 0.15) is 19.0 Å². The van der Waals surface area contributed by atoms with Gasteiger partial charge in [0, 0.05) is 45.4 Å². The van der Waals surface area contributed by atoms with E-state index in [0.29, 0.717) is 50.1 Å². The van der Waals surface area contributed by atoms with Crippen LogP contribution in [0, 0.1) is 5.92 Å². The zero-order valence-electron chi connectivity index (χ0n) is 16.1. The third kappa shape index (κ3) is 4.37. The van der Waals surface area contributed by atoms with Gasteiger partial charge in [-0.2, -0.15) is 0 Å². The summed E-state index contributed by atoms with van der Waals surface area (Å²) in [5.41, 5.74) is 0.826. The normalized spacial score (nSPS) is 18.6. The molecule has 0 radical (unpaired) electrons. The summed E-state index contributed by atoms with van der Waals surface area (Å²) in [5.74, 6) is 1.70. The summed E-state index contributed by atoms with van der Waals surface area (Å²) in [4.78, 5) is 28.1. The lowest BCUT2D eigenvalue weighted by atomic mass is 9.97. The van der Waals surface area contributed by atoms with E-state index in [2.05, 4.69) is 5.32 Å². The molecular weight excluding hydrogens is 350 g/mol.